The highest BCUT2D eigenvalue weighted by molar-refractivity contribution is 5.94. The summed E-state index contributed by atoms with van der Waals surface area (Å²) < 4.78 is 5.35. The molecule has 1 aliphatic heterocycles. The van der Waals surface area contributed by atoms with Crippen LogP contribution in [0.1, 0.15) is 23.2 Å². The molecule has 18 heavy (non-hydrogen) atoms. The van der Waals surface area contributed by atoms with E-state index in [1.54, 1.807) is 18.2 Å². The Morgan fingerprint density at radius 3 is 3.00 bits per heavy atom. The Kier molecular flexibility index (Phi) is 4.20. The van der Waals surface area contributed by atoms with Crippen LogP contribution < -0.4 is 5.73 Å². The number of hydrogen-bond donors (Lipinski definition) is 1. The molecule has 1 aromatic carbocycles. The second kappa shape index (κ2) is 5.87. The van der Waals surface area contributed by atoms with Gasteiger partial charge in [-0.15, -0.1) is 0 Å². The monoisotopic (exact) mass is 248 g/mol. The van der Waals surface area contributed by atoms with E-state index >= 15 is 0 Å². The lowest BCUT2D eigenvalue weighted by molar-refractivity contribution is 0.0373. The first kappa shape index (κ1) is 12.9. The zero-order valence-corrected chi connectivity index (χ0v) is 10.8. The van der Waals surface area contributed by atoms with Gasteiger partial charge in [0.25, 0.3) is 0 Å². The van der Waals surface area contributed by atoms with E-state index in [1.165, 1.54) is 6.42 Å². The van der Waals surface area contributed by atoms with E-state index < -0.39 is 0 Å². The van der Waals surface area contributed by atoms with Crippen LogP contribution in [0.15, 0.2) is 24.3 Å². The van der Waals surface area contributed by atoms with Gasteiger partial charge in [0.2, 0.25) is 0 Å². The Morgan fingerprint density at radius 1 is 1.50 bits per heavy atom. The number of ether oxygens (including phenoxy) is 1. The fourth-order valence-electron chi connectivity index (χ4n) is 2.36. The second-order valence-corrected chi connectivity index (χ2v) is 4.96. The molecular weight excluding hydrogens is 228 g/mol. The van der Waals surface area contributed by atoms with Crippen LogP contribution in [0.5, 0.6) is 0 Å². The van der Waals surface area contributed by atoms with Crippen LogP contribution in [0.3, 0.4) is 0 Å². The molecule has 0 saturated carbocycles. The van der Waals surface area contributed by atoms with Crippen molar-refractivity contribution in [1.29, 1.82) is 0 Å². The minimum atomic E-state index is -0.318. The molecule has 1 fully saturated rings. The number of nitrogen functional groups attached to an aromatic ring is 1. The number of carbonyl (C=O) groups is 1. The number of rotatable bonds is 3. The maximum absolute atomic E-state index is 11.9. The van der Waals surface area contributed by atoms with E-state index in [4.69, 9.17) is 10.5 Å². The molecule has 1 aromatic rings. The number of nitrogens with two attached hydrogens (primary N) is 1. The SMILES string of the molecule is CN1CCCC(COC(=O)c2ccccc2N)C1. The molecule has 4 nitrogen and oxygen atoms in total. The van der Waals surface area contributed by atoms with Crippen molar-refractivity contribution < 1.29 is 9.53 Å². The molecule has 0 spiro atoms. The van der Waals surface area contributed by atoms with Crippen molar-refractivity contribution in [1.82, 2.24) is 4.90 Å². The van der Waals surface area contributed by atoms with E-state index in [0.29, 0.717) is 23.8 Å². The number of benzene rings is 1. The molecule has 0 aliphatic carbocycles. The highest BCUT2D eigenvalue weighted by Gasteiger charge is 2.19. The highest BCUT2D eigenvalue weighted by atomic mass is 16.5. The standard InChI is InChI=1S/C14H20N2O2/c1-16-8-4-5-11(9-16)10-18-14(17)12-6-2-3-7-13(12)15/h2-3,6-7,11H,4-5,8-10,15H2,1H3. The molecule has 0 aromatic heterocycles. The third kappa shape index (κ3) is 3.23. The van der Waals surface area contributed by atoms with Crippen molar-refractivity contribution in [3.63, 3.8) is 0 Å². The smallest absolute Gasteiger partial charge is 0.340 e. The number of anilines is 1. The van der Waals surface area contributed by atoms with Crippen LogP contribution >= 0.6 is 0 Å². The molecule has 0 amide bonds. The van der Waals surface area contributed by atoms with E-state index in [2.05, 4.69) is 11.9 Å². The highest BCUT2D eigenvalue weighted by Crippen LogP contribution is 2.17. The van der Waals surface area contributed by atoms with Crippen LogP contribution in [-0.2, 0) is 4.74 Å². The minimum Gasteiger partial charge on any atom is -0.462 e. The summed E-state index contributed by atoms with van der Waals surface area (Å²) in [5.74, 6) is 0.124. The van der Waals surface area contributed by atoms with E-state index in [1.807, 2.05) is 6.07 Å². The summed E-state index contributed by atoms with van der Waals surface area (Å²) in [6.07, 6.45) is 2.30. The quantitative estimate of drug-likeness (QED) is 0.654. The summed E-state index contributed by atoms with van der Waals surface area (Å²) in [4.78, 5) is 14.2. The van der Waals surface area contributed by atoms with Gasteiger partial charge in [0.05, 0.1) is 12.2 Å². The van der Waals surface area contributed by atoms with Gasteiger partial charge in [0.15, 0.2) is 0 Å². The molecule has 1 unspecified atom stereocenters. The summed E-state index contributed by atoms with van der Waals surface area (Å²) in [6.45, 7) is 2.62. The van der Waals surface area contributed by atoms with Gasteiger partial charge in [-0.05, 0) is 38.6 Å². The average molecular weight is 248 g/mol. The van der Waals surface area contributed by atoms with Crippen LogP contribution in [0.25, 0.3) is 0 Å². The van der Waals surface area contributed by atoms with Crippen molar-refractivity contribution in [2.24, 2.45) is 5.92 Å². The number of para-hydroxylation sites is 1. The Morgan fingerprint density at radius 2 is 2.28 bits per heavy atom. The first-order valence-corrected chi connectivity index (χ1v) is 6.37. The van der Waals surface area contributed by atoms with E-state index in [0.717, 1.165) is 19.5 Å². The first-order chi connectivity index (χ1) is 8.66. The molecule has 1 atom stereocenters. The lowest BCUT2D eigenvalue weighted by atomic mass is 9.99. The molecule has 2 rings (SSSR count). The van der Waals surface area contributed by atoms with Gasteiger partial charge in [0, 0.05) is 18.2 Å². The molecular formula is C14H20N2O2. The Hall–Kier alpha value is -1.55. The van der Waals surface area contributed by atoms with Gasteiger partial charge < -0.3 is 15.4 Å². The van der Waals surface area contributed by atoms with E-state index in [9.17, 15) is 4.79 Å². The Bertz CT molecular complexity index is 420. The van der Waals surface area contributed by atoms with Crippen LogP contribution in [0, 0.1) is 5.92 Å². The van der Waals surface area contributed by atoms with Gasteiger partial charge in [-0.1, -0.05) is 12.1 Å². The summed E-state index contributed by atoms with van der Waals surface area (Å²) in [6, 6.07) is 7.01. The zero-order valence-electron chi connectivity index (χ0n) is 10.8. The number of likely N-dealkylation sites (tertiary alicyclic amines) is 1. The first-order valence-electron chi connectivity index (χ1n) is 6.37. The third-order valence-electron chi connectivity index (χ3n) is 3.35. The van der Waals surface area contributed by atoms with Gasteiger partial charge in [-0.2, -0.15) is 0 Å². The summed E-state index contributed by atoms with van der Waals surface area (Å²) in [7, 11) is 2.10. The van der Waals surface area contributed by atoms with Crippen molar-refractivity contribution >= 4 is 11.7 Å². The van der Waals surface area contributed by atoms with Gasteiger partial charge in [-0.25, -0.2) is 4.79 Å². The predicted octanol–water partition coefficient (Wildman–Crippen LogP) is 1.77. The lowest BCUT2D eigenvalue weighted by Crippen LogP contribution is -2.34. The Balaban J connectivity index is 1.87. The summed E-state index contributed by atoms with van der Waals surface area (Å²) >= 11 is 0. The number of piperidine rings is 1. The maximum atomic E-state index is 11.9. The molecule has 4 heteroatoms. The number of esters is 1. The van der Waals surface area contributed by atoms with Crippen molar-refractivity contribution in [3.8, 4) is 0 Å². The summed E-state index contributed by atoms with van der Waals surface area (Å²) in [5, 5.41) is 0. The molecule has 1 saturated heterocycles. The number of carbonyl (C=O) groups excluding carboxylic acids is 1. The largest absolute Gasteiger partial charge is 0.462 e. The number of hydrogen-bond acceptors (Lipinski definition) is 4. The van der Waals surface area contributed by atoms with Gasteiger partial charge in [-0.3, -0.25) is 0 Å². The van der Waals surface area contributed by atoms with Crippen molar-refractivity contribution in [2.45, 2.75) is 12.8 Å². The normalized spacial score (nSPS) is 20.6. The molecule has 98 valence electrons. The fraction of sp³-hybridized carbons (Fsp3) is 0.500. The molecule has 2 N–H and O–H groups in total. The fourth-order valence-corrected chi connectivity index (χ4v) is 2.36. The second-order valence-electron chi connectivity index (χ2n) is 4.96. The van der Waals surface area contributed by atoms with Crippen LogP contribution in [0.4, 0.5) is 5.69 Å². The summed E-state index contributed by atoms with van der Waals surface area (Å²) in [5.41, 5.74) is 6.68. The predicted molar refractivity (Wildman–Crippen MR) is 71.4 cm³/mol. The molecule has 1 aliphatic rings. The Labute approximate surface area is 108 Å². The lowest BCUT2D eigenvalue weighted by Gasteiger charge is -2.29. The minimum absolute atomic E-state index is 0.318. The van der Waals surface area contributed by atoms with Crippen molar-refractivity contribution in [2.75, 3.05) is 32.5 Å². The van der Waals surface area contributed by atoms with Crippen LogP contribution in [0.2, 0.25) is 0 Å². The molecule has 0 bridgehead atoms. The van der Waals surface area contributed by atoms with Gasteiger partial charge >= 0.3 is 5.97 Å². The van der Waals surface area contributed by atoms with Gasteiger partial charge in [0.1, 0.15) is 0 Å². The molecule has 1 heterocycles. The van der Waals surface area contributed by atoms with Crippen molar-refractivity contribution in [3.05, 3.63) is 29.8 Å². The topological polar surface area (TPSA) is 55.6 Å². The van der Waals surface area contributed by atoms with Crippen LogP contribution in [-0.4, -0.2) is 37.6 Å². The molecule has 0 radical (unpaired) electrons. The number of nitrogens with zero attached hydrogens (tertiary/aromatic N) is 1. The third-order valence-corrected chi connectivity index (χ3v) is 3.35. The zero-order chi connectivity index (χ0) is 13.0. The maximum Gasteiger partial charge on any atom is 0.340 e. The average Bonchev–Trinajstić information content (AvgIpc) is 2.37. The van der Waals surface area contributed by atoms with E-state index in [-0.39, 0.29) is 5.97 Å².